The molecular weight excluding hydrogens is 236 g/mol. The molecule has 0 aliphatic rings. The topological polar surface area (TPSA) is 38.9 Å². The Morgan fingerprint density at radius 3 is 2.59 bits per heavy atom. The van der Waals surface area contributed by atoms with Crippen molar-refractivity contribution in [2.45, 2.75) is 32.1 Å². The summed E-state index contributed by atoms with van der Waals surface area (Å²) in [4.78, 5) is 4.18. The molecular formula is C13H15ClN2O. The van der Waals surface area contributed by atoms with Crippen molar-refractivity contribution in [1.29, 1.82) is 0 Å². The van der Waals surface area contributed by atoms with Crippen molar-refractivity contribution in [2.24, 2.45) is 0 Å². The molecule has 0 saturated heterocycles. The second kappa shape index (κ2) is 5.82. The highest BCUT2D eigenvalue weighted by Gasteiger charge is 2.07. The first-order valence-corrected chi connectivity index (χ1v) is 6.34. The molecule has 1 aromatic carbocycles. The maximum absolute atomic E-state index is 5.61. The Labute approximate surface area is 106 Å². The van der Waals surface area contributed by atoms with Gasteiger partial charge in [-0.15, -0.1) is 11.6 Å². The number of hydrogen-bond acceptors (Lipinski definition) is 3. The largest absolute Gasteiger partial charge is 0.338 e. The van der Waals surface area contributed by atoms with Crippen LogP contribution in [0.2, 0.25) is 0 Å². The molecule has 0 spiro atoms. The third-order valence-corrected chi connectivity index (χ3v) is 2.84. The van der Waals surface area contributed by atoms with Crippen LogP contribution in [0.15, 0.2) is 28.8 Å². The molecule has 0 atom stereocenters. The number of hydrogen-bond donors (Lipinski definition) is 0. The fraction of sp³-hybridized carbons (Fsp3) is 0.385. The predicted octanol–water partition coefficient (Wildman–Crippen LogP) is 3.82. The molecule has 0 radical (unpaired) electrons. The lowest BCUT2D eigenvalue weighted by Gasteiger charge is -2.00. The molecule has 0 N–H and O–H groups in total. The second-order valence-corrected chi connectivity index (χ2v) is 4.21. The Morgan fingerprint density at radius 1 is 1.24 bits per heavy atom. The first kappa shape index (κ1) is 12.1. The van der Waals surface area contributed by atoms with Gasteiger partial charge in [-0.3, -0.25) is 0 Å². The molecule has 4 heteroatoms. The Bertz CT molecular complexity index is 465. The summed E-state index contributed by atoms with van der Waals surface area (Å²) in [6, 6.07) is 8.27. The van der Waals surface area contributed by atoms with E-state index in [4.69, 9.17) is 16.1 Å². The number of halogens is 1. The molecule has 90 valence electrons. The van der Waals surface area contributed by atoms with Crippen LogP contribution in [0.4, 0.5) is 0 Å². The molecule has 3 nitrogen and oxygen atoms in total. The van der Waals surface area contributed by atoms with Crippen molar-refractivity contribution in [3.05, 3.63) is 35.7 Å². The lowest BCUT2D eigenvalue weighted by Crippen LogP contribution is -1.86. The van der Waals surface area contributed by atoms with Gasteiger partial charge in [0.25, 0.3) is 0 Å². The summed E-state index contributed by atoms with van der Waals surface area (Å²) in [5.74, 6) is 1.31. The van der Waals surface area contributed by atoms with Crippen LogP contribution in [0.25, 0.3) is 11.4 Å². The minimum atomic E-state index is 0.252. The lowest BCUT2D eigenvalue weighted by molar-refractivity contribution is 0.391. The lowest BCUT2D eigenvalue weighted by atomic mass is 10.1. The van der Waals surface area contributed by atoms with E-state index >= 15 is 0 Å². The second-order valence-electron chi connectivity index (χ2n) is 3.95. The Hall–Kier alpha value is -1.35. The quantitative estimate of drug-likeness (QED) is 0.758. The van der Waals surface area contributed by atoms with Gasteiger partial charge in [-0.25, -0.2) is 0 Å². The zero-order valence-electron chi connectivity index (χ0n) is 9.82. The first-order valence-electron chi connectivity index (χ1n) is 5.81. The molecule has 0 saturated carbocycles. The maximum atomic E-state index is 5.61. The Balaban J connectivity index is 2.11. The van der Waals surface area contributed by atoms with E-state index in [2.05, 4.69) is 29.2 Å². The van der Waals surface area contributed by atoms with Crippen LogP contribution < -0.4 is 0 Å². The Kier molecular flexibility index (Phi) is 4.15. The SMILES string of the molecule is CCCCc1ccc(-c2noc(CCl)n2)cc1. The van der Waals surface area contributed by atoms with Crippen molar-refractivity contribution in [2.75, 3.05) is 0 Å². The highest BCUT2D eigenvalue weighted by Crippen LogP contribution is 2.17. The number of aromatic nitrogens is 2. The number of unbranched alkanes of at least 4 members (excludes halogenated alkanes) is 1. The van der Waals surface area contributed by atoms with Crippen LogP contribution in [-0.4, -0.2) is 10.1 Å². The average Bonchev–Trinajstić information content (AvgIpc) is 2.86. The molecule has 2 rings (SSSR count). The minimum absolute atomic E-state index is 0.252. The summed E-state index contributed by atoms with van der Waals surface area (Å²) < 4.78 is 4.97. The van der Waals surface area contributed by atoms with Crippen LogP contribution in [0.1, 0.15) is 31.2 Å². The monoisotopic (exact) mass is 250 g/mol. The van der Waals surface area contributed by atoms with Gasteiger partial charge in [-0.05, 0) is 18.4 Å². The standard InChI is InChI=1S/C13H15ClN2O/c1-2-3-4-10-5-7-11(8-6-10)13-15-12(9-14)17-16-13/h5-8H,2-4,9H2,1H3. The van der Waals surface area contributed by atoms with Gasteiger partial charge >= 0.3 is 0 Å². The average molecular weight is 251 g/mol. The van der Waals surface area contributed by atoms with E-state index in [-0.39, 0.29) is 5.88 Å². The van der Waals surface area contributed by atoms with Crippen molar-refractivity contribution >= 4 is 11.6 Å². The van der Waals surface area contributed by atoms with Gasteiger partial charge in [0.15, 0.2) is 0 Å². The molecule has 0 aliphatic carbocycles. The fourth-order valence-corrected chi connectivity index (χ4v) is 1.74. The summed E-state index contributed by atoms with van der Waals surface area (Å²) in [5.41, 5.74) is 2.31. The number of benzene rings is 1. The highest BCUT2D eigenvalue weighted by molar-refractivity contribution is 6.16. The van der Waals surface area contributed by atoms with Crippen molar-refractivity contribution in [3.8, 4) is 11.4 Å². The van der Waals surface area contributed by atoms with E-state index in [0.29, 0.717) is 11.7 Å². The number of alkyl halides is 1. The number of nitrogens with zero attached hydrogens (tertiary/aromatic N) is 2. The number of aryl methyl sites for hydroxylation is 1. The summed E-state index contributed by atoms with van der Waals surface area (Å²) >= 11 is 5.61. The van der Waals surface area contributed by atoms with Gasteiger partial charge < -0.3 is 4.52 Å². The van der Waals surface area contributed by atoms with E-state index < -0.39 is 0 Å². The predicted molar refractivity (Wildman–Crippen MR) is 67.9 cm³/mol. The molecule has 17 heavy (non-hydrogen) atoms. The van der Waals surface area contributed by atoms with Crippen LogP contribution in [-0.2, 0) is 12.3 Å². The van der Waals surface area contributed by atoms with Gasteiger partial charge in [0, 0.05) is 5.56 Å². The van der Waals surface area contributed by atoms with E-state index in [1.54, 1.807) is 0 Å². The molecule has 0 amide bonds. The summed E-state index contributed by atoms with van der Waals surface area (Å²) in [5, 5.41) is 3.88. The third kappa shape index (κ3) is 3.07. The molecule has 0 fully saturated rings. The van der Waals surface area contributed by atoms with E-state index in [1.165, 1.54) is 18.4 Å². The van der Waals surface area contributed by atoms with Crippen LogP contribution in [0.3, 0.4) is 0 Å². The van der Waals surface area contributed by atoms with Gasteiger partial charge in [-0.1, -0.05) is 42.8 Å². The van der Waals surface area contributed by atoms with Gasteiger partial charge in [0.05, 0.1) is 0 Å². The smallest absolute Gasteiger partial charge is 0.241 e. The summed E-state index contributed by atoms with van der Waals surface area (Å²) in [6.07, 6.45) is 3.56. The zero-order valence-corrected chi connectivity index (χ0v) is 10.6. The molecule has 2 aromatic rings. The van der Waals surface area contributed by atoms with E-state index in [1.807, 2.05) is 12.1 Å². The molecule has 0 unspecified atom stereocenters. The van der Waals surface area contributed by atoms with Crippen molar-refractivity contribution in [3.63, 3.8) is 0 Å². The van der Waals surface area contributed by atoms with Crippen LogP contribution in [0.5, 0.6) is 0 Å². The molecule has 0 aliphatic heterocycles. The highest BCUT2D eigenvalue weighted by atomic mass is 35.5. The van der Waals surface area contributed by atoms with Crippen molar-refractivity contribution < 1.29 is 4.52 Å². The van der Waals surface area contributed by atoms with E-state index in [9.17, 15) is 0 Å². The Morgan fingerprint density at radius 2 is 2.00 bits per heavy atom. The first-order chi connectivity index (χ1) is 8.33. The molecule has 1 heterocycles. The van der Waals surface area contributed by atoms with Gasteiger partial charge in [0.1, 0.15) is 5.88 Å². The maximum Gasteiger partial charge on any atom is 0.241 e. The summed E-state index contributed by atoms with van der Waals surface area (Å²) in [6.45, 7) is 2.20. The number of rotatable bonds is 5. The normalized spacial score (nSPS) is 10.7. The third-order valence-electron chi connectivity index (χ3n) is 2.61. The van der Waals surface area contributed by atoms with Crippen LogP contribution in [0, 0.1) is 0 Å². The minimum Gasteiger partial charge on any atom is -0.338 e. The zero-order chi connectivity index (χ0) is 12.1. The van der Waals surface area contributed by atoms with Crippen LogP contribution >= 0.6 is 11.6 Å². The molecule has 1 aromatic heterocycles. The fourth-order valence-electron chi connectivity index (χ4n) is 1.63. The van der Waals surface area contributed by atoms with Crippen molar-refractivity contribution in [1.82, 2.24) is 10.1 Å². The van der Waals surface area contributed by atoms with Gasteiger partial charge in [-0.2, -0.15) is 4.98 Å². The summed E-state index contributed by atoms with van der Waals surface area (Å²) in [7, 11) is 0. The molecule has 0 bridgehead atoms. The van der Waals surface area contributed by atoms with E-state index in [0.717, 1.165) is 12.0 Å². The van der Waals surface area contributed by atoms with Gasteiger partial charge in [0.2, 0.25) is 11.7 Å².